The van der Waals surface area contributed by atoms with Gasteiger partial charge in [-0.1, -0.05) is 23.2 Å². The summed E-state index contributed by atoms with van der Waals surface area (Å²) >= 11 is 15.4. The van der Waals surface area contributed by atoms with Crippen LogP contribution in [0, 0.1) is 33.5 Å². The maximum absolute atomic E-state index is 11.9. The van der Waals surface area contributed by atoms with E-state index in [0.717, 1.165) is 0 Å². The first kappa shape index (κ1) is 52.8. The number of carbonyl (C=O) groups is 6. The number of hydrogen-bond donors (Lipinski definition) is 1. The first-order valence-electron chi connectivity index (χ1n) is 16.1. The van der Waals surface area contributed by atoms with Crippen LogP contribution < -0.4 is 0 Å². The van der Waals surface area contributed by atoms with Crippen molar-refractivity contribution in [3.8, 4) is 0 Å². The third-order valence-corrected chi connectivity index (χ3v) is 5.73. The molecule has 0 fully saturated rings. The molecule has 0 aliphatic heterocycles. The molecule has 300 valence electrons. The molecule has 0 aromatic rings. The predicted molar refractivity (Wildman–Crippen MR) is 191 cm³/mol. The van der Waals surface area contributed by atoms with Crippen LogP contribution in [-0.4, -0.2) is 91.3 Å². The molecule has 0 amide bonds. The van der Waals surface area contributed by atoms with Gasteiger partial charge in [0, 0.05) is 11.6 Å². The molecule has 0 spiro atoms. The Kier molecular flexibility index (Phi) is 25.5. The summed E-state index contributed by atoms with van der Waals surface area (Å²) in [4.78, 5) is 68.0. The molecule has 0 aliphatic carbocycles. The molecule has 14 nitrogen and oxygen atoms in total. The number of halogens is 3. The van der Waals surface area contributed by atoms with Crippen LogP contribution in [0.25, 0.3) is 0 Å². The van der Waals surface area contributed by atoms with Gasteiger partial charge in [0.05, 0.1) is 53.3 Å². The molecule has 2 unspecified atom stereocenters. The molecular weight excluding hydrogens is 739 g/mol. The van der Waals surface area contributed by atoms with Crippen molar-refractivity contribution in [1.82, 2.24) is 0 Å². The maximum Gasteiger partial charge on any atom is 0.509 e. The normalized spacial score (nSPS) is 12.9. The van der Waals surface area contributed by atoms with E-state index in [2.05, 4.69) is 9.47 Å². The van der Waals surface area contributed by atoms with Crippen molar-refractivity contribution in [2.24, 2.45) is 33.5 Å². The summed E-state index contributed by atoms with van der Waals surface area (Å²) in [6, 6.07) is 0. The lowest BCUT2D eigenvalue weighted by molar-refractivity contribution is -0.161. The number of carbonyl (C=O) groups excluding carboxylic acids is 6. The molecule has 0 rings (SSSR count). The SMILES string of the molecule is CC(C)(C)C(=O)OCC(CO)COC(=O)C(C)(C)C.CC(Cl)OC(=O)Cl.CC(Cl)OC(=O)OCC(COC(=O)C(C)(C)C)COC(=O)C(C)(C)C. The first-order valence-corrected chi connectivity index (χ1v) is 17.4. The maximum atomic E-state index is 11.9. The molecule has 17 heteroatoms. The minimum Gasteiger partial charge on any atom is -0.465 e. The lowest BCUT2D eigenvalue weighted by Gasteiger charge is -2.23. The predicted octanol–water partition coefficient (Wildman–Crippen LogP) is 7.24. The van der Waals surface area contributed by atoms with Crippen LogP contribution in [0.4, 0.5) is 9.59 Å². The molecule has 0 aromatic carbocycles. The van der Waals surface area contributed by atoms with Crippen LogP contribution in [0.5, 0.6) is 0 Å². The van der Waals surface area contributed by atoms with Crippen LogP contribution in [0.3, 0.4) is 0 Å². The molecule has 0 saturated heterocycles. The zero-order valence-corrected chi connectivity index (χ0v) is 34.7. The van der Waals surface area contributed by atoms with Gasteiger partial charge >= 0.3 is 35.5 Å². The van der Waals surface area contributed by atoms with Gasteiger partial charge in [0.1, 0.15) is 19.8 Å². The molecule has 0 aliphatic rings. The van der Waals surface area contributed by atoms with Gasteiger partial charge in [-0.25, -0.2) is 9.59 Å². The van der Waals surface area contributed by atoms with Crippen LogP contribution >= 0.6 is 34.8 Å². The number of aliphatic hydroxyl groups excluding tert-OH is 1. The molecule has 51 heavy (non-hydrogen) atoms. The van der Waals surface area contributed by atoms with Gasteiger partial charge in [-0.2, -0.15) is 0 Å². The van der Waals surface area contributed by atoms with E-state index < -0.39 is 68.1 Å². The zero-order chi connectivity index (χ0) is 41.0. The largest absolute Gasteiger partial charge is 0.509 e. The number of alkyl halides is 2. The molecular formula is C34H59Cl3O14. The van der Waals surface area contributed by atoms with Crippen molar-refractivity contribution in [3.63, 3.8) is 0 Å². The van der Waals surface area contributed by atoms with E-state index in [1.807, 2.05) is 0 Å². The highest BCUT2D eigenvalue weighted by Gasteiger charge is 2.29. The van der Waals surface area contributed by atoms with Crippen LogP contribution in [-0.2, 0) is 52.3 Å². The number of hydrogen-bond acceptors (Lipinski definition) is 14. The average Bonchev–Trinajstić information content (AvgIpc) is 2.93. The average molecular weight is 798 g/mol. The van der Waals surface area contributed by atoms with Crippen molar-refractivity contribution >= 4 is 70.3 Å². The molecule has 0 saturated carbocycles. The van der Waals surface area contributed by atoms with E-state index >= 15 is 0 Å². The van der Waals surface area contributed by atoms with E-state index in [0.29, 0.717) is 0 Å². The van der Waals surface area contributed by atoms with E-state index in [9.17, 15) is 33.9 Å². The van der Waals surface area contributed by atoms with Crippen LogP contribution in [0.2, 0.25) is 0 Å². The number of ether oxygens (including phenoxy) is 7. The van der Waals surface area contributed by atoms with Crippen molar-refractivity contribution < 1.29 is 67.0 Å². The van der Waals surface area contributed by atoms with Gasteiger partial charge in [0.2, 0.25) is 0 Å². The number of aliphatic hydroxyl groups is 1. The van der Waals surface area contributed by atoms with Gasteiger partial charge in [0.25, 0.3) is 0 Å². The van der Waals surface area contributed by atoms with Crippen molar-refractivity contribution in [2.45, 2.75) is 108 Å². The highest BCUT2D eigenvalue weighted by molar-refractivity contribution is 6.61. The lowest BCUT2D eigenvalue weighted by atomic mass is 9.97. The lowest BCUT2D eigenvalue weighted by Crippen LogP contribution is -2.32. The van der Waals surface area contributed by atoms with E-state index in [1.54, 1.807) is 83.1 Å². The standard InChI is InChI=1S/C17H29ClO7.C14H26O5.C3H4Cl2O2/c1-11(18)25-15(21)24-10-12(8-22-13(19)16(2,3)4)9-23-14(20)17(5,6)7;1-13(2,3)11(16)18-8-10(7-15)9-19-12(17)14(4,5)6;1-2(4)7-3(5)6/h11-12H,8-10H2,1-7H3;10,15H,7-9H2,1-6H3;2H,1H3. The number of rotatable bonds is 13. The molecule has 0 bridgehead atoms. The highest BCUT2D eigenvalue weighted by atomic mass is 35.5. The minimum atomic E-state index is -0.947. The Morgan fingerprint density at radius 3 is 0.941 bits per heavy atom. The van der Waals surface area contributed by atoms with Crippen molar-refractivity contribution in [1.29, 1.82) is 0 Å². The molecule has 0 aromatic heterocycles. The second kappa shape index (κ2) is 24.6. The fourth-order valence-electron chi connectivity index (χ4n) is 2.42. The summed E-state index contributed by atoms with van der Waals surface area (Å²) in [5.41, 5.74) is -4.83. The summed E-state index contributed by atoms with van der Waals surface area (Å²) < 4.78 is 34.3. The zero-order valence-electron chi connectivity index (χ0n) is 32.4. The fourth-order valence-corrected chi connectivity index (χ4v) is 2.75. The van der Waals surface area contributed by atoms with E-state index in [-0.39, 0.29) is 51.6 Å². The quantitative estimate of drug-likeness (QED) is 0.0850. The highest BCUT2D eigenvalue weighted by Crippen LogP contribution is 2.20. The van der Waals surface area contributed by atoms with Gasteiger partial charge in [-0.15, -0.1) is 0 Å². The van der Waals surface area contributed by atoms with Gasteiger partial charge < -0.3 is 38.3 Å². The van der Waals surface area contributed by atoms with E-state index in [1.165, 1.54) is 13.8 Å². The van der Waals surface area contributed by atoms with Crippen molar-refractivity contribution in [2.75, 3.05) is 39.6 Å². The second-order valence-corrected chi connectivity index (χ2v) is 17.0. The Hall–Kier alpha value is -2.55. The molecule has 0 radical (unpaired) electrons. The smallest absolute Gasteiger partial charge is 0.465 e. The molecule has 0 heterocycles. The summed E-state index contributed by atoms with van der Waals surface area (Å²) in [6.07, 6.45) is -0.947. The monoisotopic (exact) mass is 796 g/mol. The minimum absolute atomic E-state index is 0.0457. The second-order valence-electron chi connectivity index (χ2n) is 15.4. The molecule has 2 atom stereocenters. The van der Waals surface area contributed by atoms with Gasteiger partial charge in [-0.05, 0) is 96.9 Å². The summed E-state index contributed by atoms with van der Waals surface area (Å²) in [5.74, 6) is -2.40. The summed E-state index contributed by atoms with van der Waals surface area (Å²) in [7, 11) is 0. The number of esters is 4. The Morgan fingerprint density at radius 2 is 0.745 bits per heavy atom. The topological polar surface area (TPSA) is 187 Å². The summed E-state index contributed by atoms with van der Waals surface area (Å²) in [6.45, 7) is 23.5. The van der Waals surface area contributed by atoms with Crippen LogP contribution in [0.15, 0.2) is 0 Å². The van der Waals surface area contributed by atoms with E-state index in [4.69, 9.17) is 58.5 Å². The Labute approximate surface area is 317 Å². The van der Waals surface area contributed by atoms with Crippen LogP contribution in [0.1, 0.15) is 96.9 Å². The Bertz CT molecular complexity index is 1020. The van der Waals surface area contributed by atoms with Gasteiger partial charge in [-0.3, -0.25) is 19.2 Å². The Balaban J connectivity index is -0.000000779. The third-order valence-electron chi connectivity index (χ3n) is 5.46. The molecule has 1 N–H and O–H groups in total. The Morgan fingerprint density at radius 1 is 0.490 bits per heavy atom. The van der Waals surface area contributed by atoms with Gasteiger partial charge in [0.15, 0.2) is 11.1 Å². The third kappa shape index (κ3) is 30.8. The first-order chi connectivity index (χ1) is 22.8. The summed E-state index contributed by atoms with van der Waals surface area (Å²) in [5, 5.41) is 9.17. The van der Waals surface area contributed by atoms with Crippen molar-refractivity contribution in [3.05, 3.63) is 0 Å². The fraction of sp³-hybridized carbons (Fsp3) is 0.824.